The number of aryl methyl sites for hydroxylation is 1. The molecule has 1 amide bonds. The van der Waals surface area contributed by atoms with E-state index in [1.165, 1.54) is 4.57 Å². The Hall–Kier alpha value is -2.80. The number of oxazole rings is 1. The van der Waals surface area contributed by atoms with Crippen LogP contribution < -0.4 is 11.1 Å². The molecular weight excluding hydrogens is 346 g/mol. The Morgan fingerprint density at radius 2 is 1.96 bits per heavy atom. The van der Waals surface area contributed by atoms with Gasteiger partial charge in [0.15, 0.2) is 5.58 Å². The van der Waals surface area contributed by atoms with Gasteiger partial charge in [-0.15, -0.1) is 0 Å². The quantitative estimate of drug-likeness (QED) is 0.626. The molecule has 144 valence electrons. The SMILES string of the molecule is CCN(CC)C(CNC(=O)CCn1c(=O)oc2ccccc21)c1ccco1. The Bertz CT molecular complexity index is 922. The van der Waals surface area contributed by atoms with Crippen LogP contribution in [0.25, 0.3) is 11.1 Å². The van der Waals surface area contributed by atoms with E-state index in [-0.39, 0.29) is 24.9 Å². The fraction of sp³-hybridized carbons (Fsp3) is 0.400. The van der Waals surface area contributed by atoms with Gasteiger partial charge in [0.05, 0.1) is 17.8 Å². The number of amides is 1. The summed E-state index contributed by atoms with van der Waals surface area (Å²) in [5.74, 6) is 0.271. The first-order valence-electron chi connectivity index (χ1n) is 9.26. The molecule has 1 aromatic carbocycles. The average molecular weight is 371 g/mol. The van der Waals surface area contributed by atoms with Gasteiger partial charge in [0.1, 0.15) is 5.76 Å². The Morgan fingerprint density at radius 3 is 2.67 bits per heavy atom. The van der Waals surface area contributed by atoms with Gasteiger partial charge in [0, 0.05) is 19.5 Å². The molecule has 0 radical (unpaired) electrons. The highest BCUT2D eigenvalue weighted by Gasteiger charge is 2.21. The van der Waals surface area contributed by atoms with Crippen molar-refractivity contribution < 1.29 is 13.6 Å². The molecule has 0 aliphatic heterocycles. The number of nitrogens with one attached hydrogen (secondary N) is 1. The average Bonchev–Trinajstić information content (AvgIpc) is 3.31. The number of hydrogen-bond donors (Lipinski definition) is 1. The van der Waals surface area contributed by atoms with Gasteiger partial charge < -0.3 is 14.2 Å². The number of likely N-dealkylation sites (N-methyl/N-ethyl adjacent to an activating group) is 1. The summed E-state index contributed by atoms with van der Waals surface area (Å²) in [5.41, 5.74) is 1.23. The molecule has 3 rings (SSSR count). The lowest BCUT2D eigenvalue weighted by Crippen LogP contribution is -2.38. The third-order valence-corrected chi connectivity index (χ3v) is 4.75. The maximum atomic E-state index is 12.4. The molecule has 7 heteroatoms. The smallest absolute Gasteiger partial charge is 0.419 e. The minimum atomic E-state index is -0.444. The molecule has 0 fully saturated rings. The number of carbonyl (C=O) groups excluding carboxylic acids is 1. The molecule has 7 nitrogen and oxygen atoms in total. The Kier molecular flexibility index (Phi) is 6.13. The van der Waals surface area contributed by atoms with Crippen LogP contribution in [0.2, 0.25) is 0 Å². The van der Waals surface area contributed by atoms with Gasteiger partial charge >= 0.3 is 5.76 Å². The molecule has 2 aromatic heterocycles. The molecule has 27 heavy (non-hydrogen) atoms. The Morgan fingerprint density at radius 1 is 1.19 bits per heavy atom. The van der Waals surface area contributed by atoms with E-state index in [1.54, 1.807) is 12.3 Å². The van der Waals surface area contributed by atoms with Crippen LogP contribution in [0.4, 0.5) is 0 Å². The number of para-hydroxylation sites is 2. The highest BCUT2D eigenvalue weighted by atomic mass is 16.4. The van der Waals surface area contributed by atoms with Crippen molar-refractivity contribution in [2.24, 2.45) is 0 Å². The van der Waals surface area contributed by atoms with E-state index < -0.39 is 5.76 Å². The van der Waals surface area contributed by atoms with E-state index in [4.69, 9.17) is 8.83 Å². The van der Waals surface area contributed by atoms with Crippen LogP contribution >= 0.6 is 0 Å². The first kappa shape index (κ1) is 19.0. The highest BCUT2D eigenvalue weighted by Crippen LogP contribution is 2.20. The second kappa shape index (κ2) is 8.73. The summed E-state index contributed by atoms with van der Waals surface area (Å²) in [7, 11) is 0. The van der Waals surface area contributed by atoms with E-state index in [0.717, 1.165) is 18.8 Å². The zero-order valence-corrected chi connectivity index (χ0v) is 15.7. The monoisotopic (exact) mass is 371 g/mol. The lowest BCUT2D eigenvalue weighted by Gasteiger charge is -2.28. The molecule has 0 saturated heterocycles. The summed E-state index contributed by atoms with van der Waals surface area (Å²) in [5, 5.41) is 2.96. The van der Waals surface area contributed by atoms with Crippen LogP contribution in [0.3, 0.4) is 0 Å². The third-order valence-electron chi connectivity index (χ3n) is 4.75. The fourth-order valence-electron chi connectivity index (χ4n) is 3.29. The van der Waals surface area contributed by atoms with E-state index >= 15 is 0 Å². The fourth-order valence-corrected chi connectivity index (χ4v) is 3.29. The van der Waals surface area contributed by atoms with Gasteiger partial charge in [0.25, 0.3) is 0 Å². The molecule has 1 N–H and O–H groups in total. The van der Waals surface area contributed by atoms with Crippen molar-refractivity contribution in [3.8, 4) is 0 Å². The van der Waals surface area contributed by atoms with E-state index in [1.807, 2.05) is 30.3 Å². The number of nitrogens with zero attached hydrogens (tertiary/aromatic N) is 2. The van der Waals surface area contributed by atoms with E-state index in [2.05, 4.69) is 24.1 Å². The van der Waals surface area contributed by atoms with Crippen molar-refractivity contribution in [3.63, 3.8) is 0 Å². The van der Waals surface area contributed by atoms with Crippen molar-refractivity contribution in [2.75, 3.05) is 19.6 Å². The lowest BCUT2D eigenvalue weighted by atomic mass is 10.2. The van der Waals surface area contributed by atoms with Crippen molar-refractivity contribution in [1.82, 2.24) is 14.8 Å². The van der Waals surface area contributed by atoms with Gasteiger partial charge in [-0.2, -0.15) is 0 Å². The summed E-state index contributed by atoms with van der Waals surface area (Å²) >= 11 is 0. The minimum absolute atomic E-state index is 0.0172. The normalized spacial score (nSPS) is 12.6. The number of benzene rings is 1. The summed E-state index contributed by atoms with van der Waals surface area (Å²) in [6.07, 6.45) is 1.84. The number of hydrogen-bond acceptors (Lipinski definition) is 5. The van der Waals surface area contributed by atoms with Crippen LogP contribution in [0, 0.1) is 0 Å². The lowest BCUT2D eigenvalue weighted by molar-refractivity contribution is -0.121. The van der Waals surface area contributed by atoms with E-state index in [9.17, 15) is 9.59 Å². The van der Waals surface area contributed by atoms with Crippen LogP contribution in [0.5, 0.6) is 0 Å². The highest BCUT2D eigenvalue weighted by molar-refractivity contribution is 5.76. The molecule has 0 spiro atoms. The van der Waals surface area contributed by atoms with Crippen molar-refractivity contribution in [2.45, 2.75) is 32.9 Å². The Labute approximate surface area is 157 Å². The maximum Gasteiger partial charge on any atom is 0.419 e. The molecule has 3 aromatic rings. The van der Waals surface area contributed by atoms with Crippen LogP contribution in [0.15, 0.2) is 56.3 Å². The van der Waals surface area contributed by atoms with Gasteiger partial charge in [-0.25, -0.2) is 4.79 Å². The van der Waals surface area contributed by atoms with Crippen LogP contribution in [-0.4, -0.2) is 35.0 Å². The van der Waals surface area contributed by atoms with Crippen LogP contribution in [0.1, 0.15) is 32.1 Å². The molecule has 0 aliphatic carbocycles. The summed E-state index contributed by atoms with van der Waals surface area (Å²) in [6.45, 7) is 6.60. The molecular formula is C20H25N3O4. The first-order chi connectivity index (χ1) is 13.1. The number of carbonyl (C=O) groups is 1. The molecule has 0 aliphatic rings. The first-order valence-corrected chi connectivity index (χ1v) is 9.26. The number of fused-ring (bicyclic) bond motifs is 1. The van der Waals surface area contributed by atoms with Crippen LogP contribution in [-0.2, 0) is 11.3 Å². The largest absolute Gasteiger partial charge is 0.468 e. The van der Waals surface area contributed by atoms with Gasteiger partial charge in [-0.05, 0) is 37.4 Å². The van der Waals surface area contributed by atoms with Crippen molar-refractivity contribution in [3.05, 3.63) is 59.0 Å². The topological polar surface area (TPSA) is 80.6 Å². The van der Waals surface area contributed by atoms with Crippen molar-refractivity contribution >= 4 is 17.0 Å². The third kappa shape index (κ3) is 4.31. The number of rotatable bonds is 9. The number of furan rings is 1. The molecule has 0 saturated carbocycles. The zero-order chi connectivity index (χ0) is 19.2. The van der Waals surface area contributed by atoms with E-state index in [0.29, 0.717) is 17.6 Å². The molecule has 1 unspecified atom stereocenters. The maximum absolute atomic E-state index is 12.4. The summed E-state index contributed by atoms with van der Waals surface area (Å²) in [4.78, 5) is 26.6. The van der Waals surface area contributed by atoms with Gasteiger partial charge in [0.2, 0.25) is 5.91 Å². The standard InChI is InChI=1S/C20H25N3O4/c1-3-22(4-2)16(17-10-7-13-26-17)14-21-19(24)11-12-23-15-8-5-6-9-18(15)27-20(23)25/h5-10,13,16H,3-4,11-12,14H2,1-2H3,(H,21,24). The van der Waals surface area contributed by atoms with Gasteiger partial charge in [-0.1, -0.05) is 26.0 Å². The molecule has 0 bridgehead atoms. The number of aromatic nitrogens is 1. The molecule has 2 heterocycles. The zero-order valence-electron chi connectivity index (χ0n) is 15.7. The Balaban J connectivity index is 1.61. The predicted molar refractivity (Wildman–Crippen MR) is 102 cm³/mol. The van der Waals surface area contributed by atoms with Crippen molar-refractivity contribution in [1.29, 1.82) is 0 Å². The summed E-state index contributed by atoms with van der Waals surface area (Å²) in [6, 6.07) is 11.0. The second-order valence-corrected chi connectivity index (χ2v) is 6.29. The summed E-state index contributed by atoms with van der Waals surface area (Å²) < 4.78 is 12.2. The molecule has 1 atom stereocenters. The minimum Gasteiger partial charge on any atom is -0.468 e. The van der Waals surface area contributed by atoms with Gasteiger partial charge in [-0.3, -0.25) is 14.3 Å². The predicted octanol–water partition coefficient (Wildman–Crippen LogP) is 2.78. The second-order valence-electron chi connectivity index (χ2n) is 6.29.